The van der Waals surface area contributed by atoms with Crippen LogP contribution in [0.4, 0.5) is 0 Å². The van der Waals surface area contributed by atoms with Crippen molar-refractivity contribution in [2.75, 3.05) is 6.61 Å². The molecular formula is C13H19ClN2O2. The molecule has 100 valence electrons. The molecule has 0 saturated carbocycles. The molecule has 0 atom stereocenters. The number of carbonyl (C=O) groups is 1. The summed E-state index contributed by atoms with van der Waals surface area (Å²) < 4.78 is 4.88. The molecule has 0 N–H and O–H groups in total. The third-order valence-electron chi connectivity index (χ3n) is 2.57. The summed E-state index contributed by atoms with van der Waals surface area (Å²) in [6.45, 7) is 6.16. The first kappa shape index (κ1) is 14.9. The van der Waals surface area contributed by atoms with E-state index in [1.807, 2.05) is 6.92 Å². The third-order valence-corrected chi connectivity index (χ3v) is 2.88. The molecule has 1 rings (SSSR count). The van der Waals surface area contributed by atoms with Gasteiger partial charge in [-0.3, -0.25) is 4.79 Å². The van der Waals surface area contributed by atoms with Crippen molar-refractivity contribution >= 4 is 17.6 Å². The molecule has 1 aromatic heterocycles. The Morgan fingerprint density at radius 2 is 2.00 bits per heavy atom. The molecule has 0 saturated heterocycles. The van der Waals surface area contributed by atoms with Crippen LogP contribution in [-0.4, -0.2) is 22.5 Å². The summed E-state index contributed by atoms with van der Waals surface area (Å²) in [4.78, 5) is 20.0. The Bertz CT molecular complexity index is 398. The second kappa shape index (κ2) is 7.31. The first-order chi connectivity index (χ1) is 8.58. The van der Waals surface area contributed by atoms with Gasteiger partial charge in [0.25, 0.3) is 0 Å². The Labute approximate surface area is 113 Å². The van der Waals surface area contributed by atoms with Gasteiger partial charge in [0.15, 0.2) is 0 Å². The van der Waals surface area contributed by atoms with Crippen LogP contribution >= 0.6 is 11.6 Å². The fourth-order valence-electron chi connectivity index (χ4n) is 1.70. The predicted octanol–water partition coefficient (Wildman–Crippen LogP) is 2.89. The maximum absolute atomic E-state index is 11.3. The first-order valence-electron chi connectivity index (χ1n) is 6.26. The first-order valence-corrected chi connectivity index (χ1v) is 6.63. The number of ether oxygens (including phenoxy) is 1. The number of carbonyl (C=O) groups excluding carboxylic acids is 1. The molecular weight excluding hydrogens is 252 g/mol. The number of hydrogen-bond donors (Lipinski definition) is 0. The molecule has 0 aliphatic carbocycles. The van der Waals surface area contributed by atoms with E-state index < -0.39 is 0 Å². The zero-order valence-corrected chi connectivity index (χ0v) is 11.9. The second-order valence-corrected chi connectivity index (χ2v) is 4.41. The maximum atomic E-state index is 11.3. The molecule has 0 aliphatic heterocycles. The van der Waals surface area contributed by atoms with Crippen LogP contribution in [0.25, 0.3) is 0 Å². The number of aromatic nitrogens is 2. The van der Waals surface area contributed by atoms with E-state index in [4.69, 9.17) is 16.3 Å². The van der Waals surface area contributed by atoms with Gasteiger partial charge in [-0.15, -0.1) is 0 Å². The van der Waals surface area contributed by atoms with Gasteiger partial charge in [-0.2, -0.15) is 0 Å². The van der Waals surface area contributed by atoms with E-state index in [0.717, 1.165) is 29.9 Å². The monoisotopic (exact) mass is 270 g/mol. The van der Waals surface area contributed by atoms with Crippen molar-refractivity contribution in [2.45, 2.75) is 46.5 Å². The van der Waals surface area contributed by atoms with E-state index in [1.54, 1.807) is 6.92 Å². The highest BCUT2D eigenvalue weighted by Crippen LogP contribution is 2.19. The van der Waals surface area contributed by atoms with Gasteiger partial charge < -0.3 is 4.74 Å². The summed E-state index contributed by atoms with van der Waals surface area (Å²) in [5.41, 5.74) is 1.69. The van der Waals surface area contributed by atoms with Gasteiger partial charge in [0, 0.05) is 24.1 Å². The van der Waals surface area contributed by atoms with Crippen molar-refractivity contribution in [3.8, 4) is 0 Å². The lowest BCUT2D eigenvalue weighted by molar-refractivity contribution is -0.143. The Morgan fingerprint density at radius 3 is 2.56 bits per heavy atom. The molecule has 0 aliphatic rings. The molecule has 4 nitrogen and oxygen atoms in total. The van der Waals surface area contributed by atoms with Crippen molar-refractivity contribution in [1.29, 1.82) is 0 Å². The van der Waals surface area contributed by atoms with Gasteiger partial charge in [-0.05, 0) is 26.7 Å². The molecule has 1 heterocycles. The molecule has 0 unspecified atom stereocenters. The molecule has 0 spiro atoms. The molecule has 0 bridgehead atoms. The molecule has 0 aromatic carbocycles. The van der Waals surface area contributed by atoms with E-state index in [1.165, 1.54) is 0 Å². The zero-order chi connectivity index (χ0) is 13.5. The molecule has 18 heavy (non-hydrogen) atoms. The van der Waals surface area contributed by atoms with Gasteiger partial charge in [-0.25, -0.2) is 9.97 Å². The quantitative estimate of drug-likeness (QED) is 0.589. The standard InChI is InChI=1S/C13H19ClN2O2/c1-4-6-11-15-9(3)10(13(14)16-11)7-8-12(17)18-5-2/h4-8H2,1-3H3. The van der Waals surface area contributed by atoms with Gasteiger partial charge in [0.05, 0.1) is 6.61 Å². The highest BCUT2D eigenvalue weighted by atomic mass is 35.5. The van der Waals surface area contributed by atoms with Gasteiger partial charge in [0.1, 0.15) is 11.0 Å². The normalized spacial score (nSPS) is 10.4. The lowest BCUT2D eigenvalue weighted by Crippen LogP contribution is -2.08. The molecule has 0 amide bonds. The largest absolute Gasteiger partial charge is 0.466 e. The minimum atomic E-state index is -0.217. The molecule has 1 aromatic rings. The second-order valence-electron chi connectivity index (χ2n) is 4.05. The smallest absolute Gasteiger partial charge is 0.306 e. The summed E-state index contributed by atoms with van der Waals surface area (Å²) in [5, 5.41) is 0.454. The number of aryl methyl sites for hydroxylation is 2. The van der Waals surface area contributed by atoms with Crippen LogP contribution < -0.4 is 0 Å². The summed E-state index contributed by atoms with van der Waals surface area (Å²) in [5.74, 6) is 0.547. The molecule has 0 radical (unpaired) electrons. The average Bonchev–Trinajstić information content (AvgIpc) is 2.28. The highest BCUT2D eigenvalue weighted by molar-refractivity contribution is 6.30. The SMILES string of the molecule is CCCc1nc(C)c(CCC(=O)OCC)c(Cl)n1. The number of rotatable bonds is 6. The van der Waals surface area contributed by atoms with Crippen LogP contribution in [0, 0.1) is 6.92 Å². The minimum Gasteiger partial charge on any atom is -0.466 e. The van der Waals surface area contributed by atoms with Crippen LogP contribution in [0.15, 0.2) is 0 Å². The number of hydrogen-bond acceptors (Lipinski definition) is 4. The molecule has 0 fully saturated rings. The summed E-state index contributed by atoms with van der Waals surface area (Å²) in [6.07, 6.45) is 2.64. The fraction of sp³-hybridized carbons (Fsp3) is 0.615. The molecule has 5 heteroatoms. The van der Waals surface area contributed by atoms with Crippen LogP contribution in [0.2, 0.25) is 5.15 Å². The maximum Gasteiger partial charge on any atom is 0.306 e. The summed E-state index contributed by atoms with van der Waals surface area (Å²) >= 11 is 6.13. The van der Waals surface area contributed by atoms with E-state index in [0.29, 0.717) is 24.6 Å². The lowest BCUT2D eigenvalue weighted by atomic mass is 10.1. The van der Waals surface area contributed by atoms with E-state index in [2.05, 4.69) is 16.9 Å². The Kier molecular flexibility index (Phi) is 6.05. The van der Waals surface area contributed by atoms with Crippen molar-refractivity contribution in [3.05, 3.63) is 22.2 Å². The van der Waals surface area contributed by atoms with Crippen LogP contribution in [0.1, 0.15) is 43.8 Å². The van der Waals surface area contributed by atoms with Crippen molar-refractivity contribution in [2.24, 2.45) is 0 Å². The van der Waals surface area contributed by atoms with Crippen molar-refractivity contribution in [1.82, 2.24) is 9.97 Å². The van der Waals surface area contributed by atoms with E-state index >= 15 is 0 Å². The van der Waals surface area contributed by atoms with Crippen molar-refractivity contribution < 1.29 is 9.53 Å². The summed E-state index contributed by atoms with van der Waals surface area (Å²) in [6, 6.07) is 0. The van der Waals surface area contributed by atoms with Crippen LogP contribution in [0.3, 0.4) is 0 Å². The summed E-state index contributed by atoms with van der Waals surface area (Å²) in [7, 11) is 0. The lowest BCUT2D eigenvalue weighted by Gasteiger charge is -2.09. The Balaban J connectivity index is 2.74. The highest BCUT2D eigenvalue weighted by Gasteiger charge is 2.12. The van der Waals surface area contributed by atoms with E-state index in [9.17, 15) is 4.79 Å². The average molecular weight is 271 g/mol. The van der Waals surface area contributed by atoms with Gasteiger partial charge >= 0.3 is 5.97 Å². The van der Waals surface area contributed by atoms with Gasteiger partial charge in [-0.1, -0.05) is 18.5 Å². The number of esters is 1. The topological polar surface area (TPSA) is 52.1 Å². The number of halogens is 1. The minimum absolute atomic E-state index is 0.217. The van der Waals surface area contributed by atoms with Gasteiger partial charge in [0.2, 0.25) is 0 Å². The third kappa shape index (κ3) is 4.26. The fourth-order valence-corrected chi connectivity index (χ4v) is 2.02. The van der Waals surface area contributed by atoms with Crippen molar-refractivity contribution in [3.63, 3.8) is 0 Å². The Morgan fingerprint density at radius 1 is 1.28 bits per heavy atom. The van der Waals surface area contributed by atoms with Crippen LogP contribution in [-0.2, 0) is 22.4 Å². The Hall–Kier alpha value is -1.16. The van der Waals surface area contributed by atoms with Crippen LogP contribution in [0.5, 0.6) is 0 Å². The van der Waals surface area contributed by atoms with E-state index in [-0.39, 0.29) is 5.97 Å². The number of nitrogens with zero attached hydrogens (tertiary/aromatic N) is 2. The predicted molar refractivity (Wildman–Crippen MR) is 70.7 cm³/mol. The zero-order valence-electron chi connectivity index (χ0n) is 11.1.